The van der Waals surface area contributed by atoms with Crippen LogP contribution in [0.3, 0.4) is 0 Å². The van der Waals surface area contributed by atoms with Gasteiger partial charge in [-0.1, -0.05) is 35.5 Å². The summed E-state index contributed by atoms with van der Waals surface area (Å²) in [6, 6.07) is 5.29. The molecule has 1 aliphatic rings. The van der Waals surface area contributed by atoms with Gasteiger partial charge in [-0.2, -0.15) is 0 Å². The lowest BCUT2D eigenvalue weighted by Gasteiger charge is -2.08. The summed E-state index contributed by atoms with van der Waals surface area (Å²) in [4.78, 5) is 28.0. The Morgan fingerprint density at radius 1 is 1.59 bits per heavy atom. The van der Waals surface area contributed by atoms with Crippen LogP contribution in [-0.2, 0) is 9.59 Å². The quantitative estimate of drug-likeness (QED) is 0.812. The third-order valence-electron chi connectivity index (χ3n) is 2.97. The van der Waals surface area contributed by atoms with Crippen molar-refractivity contribution in [3.05, 3.63) is 41.4 Å². The van der Waals surface area contributed by atoms with Crippen LogP contribution >= 0.6 is 23.4 Å². The van der Waals surface area contributed by atoms with Gasteiger partial charge in [-0.3, -0.25) is 14.6 Å². The summed E-state index contributed by atoms with van der Waals surface area (Å²) in [7, 11) is 0. The number of aryl methyl sites for hydroxylation is 1. The number of amidine groups is 1. The highest BCUT2D eigenvalue weighted by Gasteiger charge is 2.31. The van der Waals surface area contributed by atoms with Crippen molar-refractivity contribution in [1.82, 2.24) is 5.32 Å². The number of carbonyl (C=O) groups excluding carboxylic acids is 2. The highest BCUT2D eigenvalue weighted by molar-refractivity contribution is 8.15. The van der Waals surface area contributed by atoms with Crippen molar-refractivity contribution in [2.24, 2.45) is 4.99 Å². The molecule has 1 heterocycles. The molecular weight excluding hydrogens is 322 g/mol. The van der Waals surface area contributed by atoms with E-state index in [4.69, 9.17) is 11.6 Å². The zero-order valence-corrected chi connectivity index (χ0v) is 13.6. The van der Waals surface area contributed by atoms with E-state index in [1.807, 2.05) is 13.0 Å². The predicted molar refractivity (Wildman–Crippen MR) is 91.5 cm³/mol. The second kappa shape index (κ2) is 7.47. The lowest BCUT2D eigenvalue weighted by Crippen LogP contribution is -2.28. The van der Waals surface area contributed by atoms with Crippen LogP contribution in [0.1, 0.15) is 12.0 Å². The average molecular weight is 338 g/mol. The molecule has 5 nitrogen and oxygen atoms in total. The summed E-state index contributed by atoms with van der Waals surface area (Å²) in [5, 5.41) is 6.04. The van der Waals surface area contributed by atoms with E-state index in [0.29, 0.717) is 22.4 Å². The fourth-order valence-electron chi connectivity index (χ4n) is 1.81. The molecule has 22 heavy (non-hydrogen) atoms. The van der Waals surface area contributed by atoms with Gasteiger partial charge in [0.05, 0.1) is 6.54 Å². The summed E-state index contributed by atoms with van der Waals surface area (Å²) < 4.78 is 0. The van der Waals surface area contributed by atoms with Gasteiger partial charge in [-0.15, -0.1) is 6.58 Å². The highest BCUT2D eigenvalue weighted by Crippen LogP contribution is 2.24. The van der Waals surface area contributed by atoms with Crippen molar-refractivity contribution >= 4 is 46.0 Å². The fraction of sp³-hybridized carbons (Fsp3) is 0.267. The molecule has 7 heteroatoms. The van der Waals surface area contributed by atoms with Crippen molar-refractivity contribution in [3.8, 4) is 0 Å². The molecule has 116 valence electrons. The van der Waals surface area contributed by atoms with Gasteiger partial charge in [-0.05, 0) is 24.6 Å². The molecule has 1 aliphatic heterocycles. The van der Waals surface area contributed by atoms with Crippen LogP contribution in [-0.4, -0.2) is 28.8 Å². The summed E-state index contributed by atoms with van der Waals surface area (Å²) in [5.74, 6) is -0.442. The molecule has 2 N–H and O–H groups in total. The summed E-state index contributed by atoms with van der Waals surface area (Å²) in [6.45, 7) is 5.88. The maximum absolute atomic E-state index is 12.0. The highest BCUT2D eigenvalue weighted by atomic mass is 35.5. The van der Waals surface area contributed by atoms with E-state index in [2.05, 4.69) is 22.2 Å². The molecule has 1 saturated heterocycles. The molecule has 0 radical (unpaired) electrons. The first-order chi connectivity index (χ1) is 10.5. The second-order valence-electron chi connectivity index (χ2n) is 4.75. The van der Waals surface area contributed by atoms with Gasteiger partial charge < -0.3 is 10.6 Å². The van der Waals surface area contributed by atoms with Crippen LogP contribution in [0.2, 0.25) is 5.02 Å². The number of nitrogens with one attached hydrogen (secondary N) is 2. The first-order valence-electron chi connectivity index (χ1n) is 6.68. The molecule has 1 aromatic rings. The second-order valence-corrected chi connectivity index (χ2v) is 6.35. The molecule has 1 atom stereocenters. The Hall–Kier alpha value is -1.79. The molecule has 1 aromatic carbocycles. The van der Waals surface area contributed by atoms with Gasteiger partial charge >= 0.3 is 0 Å². The number of nitrogens with zero attached hydrogens (tertiary/aromatic N) is 1. The Morgan fingerprint density at radius 3 is 3.05 bits per heavy atom. The third kappa shape index (κ3) is 4.35. The van der Waals surface area contributed by atoms with Crippen LogP contribution < -0.4 is 10.6 Å². The van der Waals surface area contributed by atoms with Crippen molar-refractivity contribution < 1.29 is 9.59 Å². The topological polar surface area (TPSA) is 70.6 Å². The molecule has 2 amide bonds. The summed E-state index contributed by atoms with van der Waals surface area (Å²) >= 11 is 7.27. The molecule has 0 aromatic heterocycles. The molecule has 1 fully saturated rings. The standard InChI is InChI=1S/C15H16ClN3O2S/c1-3-6-17-15-19-14(21)12(22-15)8-13(20)18-10-5-4-9(2)11(16)7-10/h3-5,7,12H,1,6,8H2,2H3,(H,18,20)(H,17,19,21)/t12-/m0/s1. The van der Waals surface area contributed by atoms with Crippen LogP contribution in [0.5, 0.6) is 0 Å². The Labute approximate surface area is 138 Å². The zero-order chi connectivity index (χ0) is 16.1. The van der Waals surface area contributed by atoms with E-state index in [9.17, 15) is 9.59 Å². The summed E-state index contributed by atoms with van der Waals surface area (Å²) in [6.07, 6.45) is 1.72. The monoisotopic (exact) mass is 337 g/mol. The van der Waals surface area contributed by atoms with E-state index in [1.54, 1.807) is 18.2 Å². The van der Waals surface area contributed by atoms with E-state index in [0.717, 1.165) is 5.56 Å². The number of hydrogen-bond acceptors (Lipinski definition) is 4. The van der Waals surface area contributed by atoms with Gasteiger partial charge in [0, 0.05) is 17.1 Å². The normalized spacial score (nSPS) is 19.1. The number of aliphatic imine (C=N–C) groups is 1. The van der Waals surface area contributed by atoms with Crippen LogP contribution in [0.25, 0.3) is 0 Å². The number of rotatable bonds is 5. The number of anilines is 1. The molecule has 2 rings (SSSR count). The number of thioether (sulfide) groups is 1. The molecule has 0 saturated carbocycles. The number of halogens is 1. The van der Waals surface area contributed by atoms with E-state index in [1.165, 1.54) is 11.8 Å². The third-order valence-corrected chi connectivity index (χ3v) is 4.49. The molecule has 0 aliphatic carbocycles. The number of hydrogen-bond donors (Lipinski definition) is 2. The Bertz CT molecular complexity index is 646. The SMILES string of the molecule is C=CCN=C1NC(=O)[C@H](CC(=O)Nc2ccc(C)c(Cl)c2)S1. The Morgan fingerprint density at radius 2 is 2.36 bits per heavy atom. The van der Waals surface area contributed by atoms with Crippen molar-refractivity contribution in [1.29, 1.82) is 0 Å². The Balaban J connectivity index is 1.93. The molecular formula is C15H16ClN3O2S. The lowest BCUT2D eigenvalue weighted by molar-refractivity contribution is -0.122. The van der Waals surface area contributed by atoms with Gasteiger partial charge in [0.25, 0.3) is 0 Å². The van der Waals surface area contributed by atoms with Gasteiger partial charge in [0.1, 0.15) is 5.25 Å². The van der Waals surface area contributed by atoms with Gasteiger partial charge in [0.15, 0.2) is 5.17 Å². The minimum absolute atomic E-state index is 0.0785. The molecule has 0 bridgehead atoms. The van der Waals surface area contributed by atoms with Crippen LogP contribution in [0.4, 0.5) is 5.69 Å². The number of benzene rings is 1. The van der Waals surface area contributed by atoms with Gasteiger partial charge in [-0.25, -0.2) is 0 Å². The van der Waals surface area contributed by atoms with Crippen LogP contribution in [0.15, 0.2) is 35.8 Å². The number of carbonyl (C=O) groups is 2. The Kier molecular flexibility index (Phi) is 5.63. The van der Waals surface area contributed by atoms with E-state index >= 15 is 0 Å². The lowest BCUT2D eigenvalue weighted by atomic mass is 10.2. The minimum atomic E-state index is -0.468. The van der Waals surface area contributed by atoms with Crippen molar-refractivity contribution in [2.45, 2.75) is 18.6 Å². The fourth-order valence-corrected chi connectivity index (χ4v) is 2.97. The zero-order valence-electron chi connectivity index (χ0n) is 12.1. The minimum Gasteiger partial charge on any atom is -0.326 e. The van der Waals surface area contributed by atoms with Crippen LogP contribution in [0, 0.1) is 6.92 Å². The maximum atomic E-state index is 12.0. The molecule has 0 spiro atoms. The maximum Gasteiger partial charge on any atom is 0.240 e. The van der Waals surface area contributed by atoms with Gasteiger partial charge in [0.2, 0.25) is 11.8 Å². The average Bonchev–Trinajstić information content (AvgIpc) is 2.81. The van der Waals surface area contributed by atoms with E-state index < -0.39 is 5.25 Å². The number of amides is 2. The van der Waals surface area contributed by atoms with Crippen molar-refractivity contribution in [3.63, 3.8) is 0 Å². The first-order valence-corrected chi connectivity index (χ1v) is 7.94. The smallest absolute Gasteiger partial charge is 0.240 e. The molecule has 0 unspecified atom stereocenters. The summed E-state index contributed by atoms with van der Waals surface area (Å²) in [5.41, 5.74) is 1.55. The largest absolute Gasteiger partial charge is 0.326 e. The first kappa shape index (κ1) is 16.6. The van der Waals surface area contributed by atoms with Crippen molar-refractivity contribution in [2.75, 3.05) is 11.9 Å². The predicted octanol–water partition coefficient (Wildman–Crippen LogP) is 2.75. The van der Waals surface area contributed by atoms with E-state index in [-0.39, 0.29) is 18.2 Å².